The van der Waals surface area contributed by atoms with E-state index >= 15 is 0 Å². The minimum Gasteiger partial charge on any atom is -0.394 e. The summed E-state index contributed by atoms with van der Waals surface area (Å²) in [5.74, 6) is -0.167. The van der Waals surface area contributed by atoms with Gasteiger partial charge >= 0.3 is 0 Å². The van der Waals surface area contributed by atoms with Gasteiger partial charge in [0.2, 0.25) is 5.91 Å². The van der Waals surface area contributed by atoms with Gasteiger partial charge in [0.25, 0.3) is 0 Å². The minimum absolute atomic E-state index is 0.167. The number of unbranched alkanes of at least 4 members (excludes halogenated alkanes) is 52. The molecule has 1 rings (SSSR count). The number of ether oxygens (including phenoxy) is 2. The number of carbonyl (C=O) groups excluding carboxylic acids is 1. The van der Waals surface area contributed by atoms with E-state index in [-0.39, 0.29) is 12.5 Å². The fraction of sp³-hybridized carbons (Fsp3) is 0.957. The molecule has 1 fully saturated rings. The summed E-state index contributed by atoms with van der Waals surface area (Å²) in [6, 6.07) is -0.802. The maximum absolute atomic E-state index is 13.1. The number of aliphatic hydroxyl groups excluding tert-OH is 5. The number of rotatable bonds is 62. The lowest BCUT2D eigenvalue weighted by Crippen LogP contribution is -2.60. The number of hydrogen-bond donors (Lipinski definition) is 6. The van der Waals surface area contributed by atoms with Gasteiger partial charge in [-0.15, -0.1) is 0 Å². The molecule has 0 aromatic heterocycles. The van der Waals surface area contributed by atoms with E-state index in [1.807, 2.05) is 6.08 Å². The van der Waals surface area contributed by atoms with Gasteiger partial charge in [-0.1, -0.05) is 353 Å². The van der Waals surface area contributed by atoms with Crippen molar-refractivity contribution >= 4 is 5.91 Å². The molecule has 0 bridgehead atoms. The summed E-state index contributed by atoms with van der Waals surface area (Å²) in [4.78, 5) is 13.1. The van der Waals surface area contributed by atoms with Crippen molar-refractivity contribution in [1.82, 2.24) is 5.32 Å². The average Bonchev–Trinajstić information content (AvgIpc) is 3.45. The van der Waals surface area contributed by atoms with Gasteiger partial charge in [0.1, 0.15) is 24.4 Å². The molecule has 78 heavy (non-hydrogen) atoms. The normalized spacial score (nSPS) is 18.6. The molecule has 1 saturated heterocycles. The Morgan fingerprint density at radius 1 is 0.423 bits per heavy atom. The zero-order valence-corrected chi connectivity index (χ0v) is 52.0. The molecule has 1 aliphatic rings. The van der Waals surface area contributed by atoms with Crippen LogP contribution in [0.1, 0.15) is 367 Å². The Morgan fingerprint density at radius 2 is 0.705 bits per heavy atom. The SMILES string of the molecule is CCCCCCCCCCCCCCCCCCCCCCCCC/C=C/C(O)C(COC1OC(CO)C(O)C(O)C1O)NC(=O)CCCCCCCCCCCCCCCCCCCCCCCCCCCCCCCC. The van der Waals surface area contributed by atoms with Gasteiger partial charge in [0.05, 0.1) is 25.4 Å². The Morgan fingerprint density at radius 3 is 1.00 bits per heavy atom. The van der Waals surface area contributed by atoms with Gasteiger partial charge < -0.3 is 40.3 Å². The number of carbonyl (C=O) groups is 1. The third-order valence-corrected chi connectivity index (χ3v) is 17.1. The zero-order chi connectivity index (χ0) is 56.5. The fourth-order valence-electron chi connectivity index (χ4n) is 11.6. The number of amides is 1. The van der Waals surface area contributed by atoms with Crippen molar-refractivity contribution < 1.29 is 39.8 Å². The van der Waals surface area contributed by atoms with Gasteiger partial charge in [-0.3, -0.25) is 4.79 Å². The van der Waals surface area contributed by atoms with Crippen LogP contribution < -0.4 is 5.32 Å². The van der Waals surface area contributed by atoms with Crippen LogP contribution in [-0.4, -0.2) is 87.5 Å². The monoisotopic (exact) mass is 1110 g/mol. The first-order valence-electron chi connectivity index (χ1n) is 34.9. The highest BCUT2D eigenvalue weighted by atomic mass is 16.7. The van der Waals surface area contributed by atoms with Crippen LogP contribution in [0.25, 0.3) is 0 Å². The maximum atomic E-state index is 13.1. The predicted molar refractivity (Wildman–Crippen MR) is 332 cm³/mol. The number of hydrogen-bond acceptors (Lipinski definition) is 8. The van der Waals surface area contributed by atoms with E-state index < -0.39 is 49.5 Å². The number of nitrogens with one attached hydrogen (secondary N) is 1. The lowest BCUT2D eigenvalue weighted by atomic mass is 9.99. The molecule has 1 aliphatic heterocycles. The fourth-order valence-corrected chi connectivity index (χ4v) is 11.6. The molecule has 6 N–H and O–H groups in total. The smallest absolute Gasteiger partial charge is 0.220 e. The maximum Gasteiger partial charge on any atom is 0.220 e. The first-order valence-corrected chi connectivity index (χ1v) is 34.9. The molecule has 1 heterocycles. The van der Waals surface area contributed by atoms with Crippen LogP contribution in [0.4, 0.5) is 0 Å². The second-order valence-electron chi connectivity index (χ2n) is 24.7. The minimum atomic E-state index is -1.56. The second-order valence-corrected chi connectivity index (χ2v) is 24.7. The van der Waals surface area contributed by atoms with E-state index in [0.717, 1.165) is 38.5 Å². The predicted octanol–water partition coefficient (Wildman–Crippen LogP) is 18.7. The Bertz CT molecular complexity index is 1240. The summed E-state index contributed by atoms with van der Waals surface area (Å²) < 4.78 is 11.3. The van der Waals surface area contributed by atoms with Crippen molar-refractivity contribution in [2.24, 2.45) is 0 Å². The van der Waals surface area contributed by atoms with Gasteiger partial charge in [0, 0.05) is 6.42 Å². The van der Waals surface area contributed by atoms with Crippen molar-refractivity contribution in [3.63, 3.8) is 0 Å². The van der Waals surface area contributed by atoms with E-state index in [0.29, 0.717) is 6.42 Å². The van der Waals surface area contributed by atoms with Crippen LogP contribution in [-0.2, 0) is 14.3 Å². The molecule has 0 aliphatic carbocycles. The summed E-state index contributed by atoms with van der Waals surface area (Å²) in [5, 5.41) is 54.8. The van der Waals surface area contributed by atoms with E-state index in [2.05, 4.69) is 19.2 Å². The lowest BCUT2D eigenvalue weighted by Gasteiger charge is -2.40. The summed E-state index contributed by atoms with van der Waals surface area (Å²) in [7, 11) is 0. The highest BCUT2D eigenvalue weighted by Crippen LogP contribution is 2.24. The molecule has 0 aromatic rings. The van der Waals surface area contributed by atoms with Gasteiger partial charge in [-0.25, -0.2) is 0 Å². The van der Waals surface area contributed by atoms with Crippen molar-refractivity contribution in [3.05, 3.63) is 12.2 Å². The molecule has 7 atom stereocenters. The molecule has 1 amide bonds. The van der Waals surface area contributed by atoms with Crippen molar-refractivity contribution in [1.29, 1.82) is 0 Å². The number of allylic oxidation sites excluding steroid dienone is 1. The Balaban J connectivity index is 2.12. The molecule has 0 saturated carbocycles. The molecule has 7 unspecified atom stereocenters. The van der Waals surface area contributed by atoms with E-state index in [1.54, 1.807) is 6.08 Å². The lowest BCUT2D eigenvalue weighted by molar-refractivity contribution is -0.302. The first kappa shape index (κ1) is 74.9. The molecule has 0 spiro atoms. The van der Waals surface area contributed by atoms with Gasteiger partial charge in [-0.05, 0) is 19.3 Å². The zero-order valence-electron chi connectivity index (χ0n) is 52.0. The second kappa shape index (κ2) is 59.1. The van der Waals surface area contributed by atoms with Crippen LogP contribution in [0.2, 0.25) is 0 Å². The Kier molecular flexibility index (Phi) is 56.8. The molecule has 9 heteroatoms. The summed E-state index contributed by atoms with van der Waals surface area (Å²) in [5.41, 5.74) is 0. The summed E-state index contributed by atoms with van der Waals surface area (Å²) in [6.07, 6.45) is 68.9. The van der Waals surface area contributed by atoms with Crippen molar-refractivity contribution in [2.45, 2.75) is 410 Å². The van der Waals surface area contributed by atoms with Gasteiger partial charge in [-0.2, -0.15) is 0 Å². The Hall–Kier alpha value is -1.07. The molecule has 0 aromatic carbocycles. The molecule has 464 valence electrons. The highest BCUT2D eigenvalue weighted by molar-refractivity contribution is 5.76. The van der Waals surface area contributed by atoms with Gasteiger partial charge in [0.15, 0.2) is 6.29 Å². The highest BCUT2D eigenvalue weighted by Gasteiger charge is 2.44. The quantitative estimate of drug-likeness (QED) is 0.0261. The molecule has 9 nitrogen and oxygen atoms in total. The standard InChI is InChI=1S/C69H135NO8/c1-3-5-7-9-11-13-15-17-19-21-23-25-27-29-30-31-32-33-35-37-39-41-43-45-47-49-51-53-55-57-59-65(73)70-62(61-77-69-68(76)67(75)66(74)64(60-71)78-69)63(72)58-56-54-52-50-48-46-44-42-40-38-36-34-28-26-24-22-20-18-16-14-12-10-8-6-4-2/h56,58,62-64,66-69,71-72,74-76H,3-55,57,59-61H2,1-2H3,(H,70,73)/b58-56+. The molecule has 0 radical (unpaired) electrons. The number of aliphatic hydroxyl groups is 5. The third kappa shape index (κ3) is 47.4. The van der Waals surface area contributed by atoms with Crippen LogP contribution in [0.15, 0.2) is 12.2 Å². The van der Waals surface area contributed by atoms with Crippen LogP contribution in [0.5, 0.6) is 0 Å². The van der Waals surface area contributed by atoms with Crippen LogP contribution >= 0.6 is 0 Å². The topological polar surface area (TPSA) is 149 Å². The Labute approximate surface area is 484 Å². The van der Waals surface area contributed by atoms with Crippen molar-refractivity contribution in [3.8, 4) is 0 Å². The van der Waals surface area contributed by atoms with Crippen LogP contribution in [0.3, 0.4) is 0 Å². The van der Waals surface area contributed by atoms with E-state index in [1.165, 1.54) is 308 Å². The summed E-state index contributed by atoms with van der Waals surface area (Å²) in [6.45, 7) is 3.85. The largest absolute Gasteiger partial charge is 0.394 e. The molecular weight excluding hydrogens is 971 g/mol. The van der Waals surface area contributed by atoms with Crippen molar-refractivity contribution in [2.75, 3.05) is 13.2 Å². The van der Waals surface area contributed by atoms with Crippen LogP contribution in [0, 0.1) is 0 Å². The first-order chi connectivity index (χ1) is 38.3. The van der Waals surface area contributed by atoms with E-state index in [9.17, 15) is 30.3 Å². The molecular formula is C69H135NO8. The summed E-state index contributed by atoms with van der Waals surface area (Å²) >= 11 is 0. The average molecular weight is 1110 g/mol. The third-order valence-electron chi connectivity index (χ3n) is 17.1. The van der Waals surface area contributed by atoms with E-state index in [4.69, 9.17) is 9.47 Å².